The highest BCUT2D eigenvalue weighted by atomic mass is 16.6. The van der Waals surface area contributed by atoms with Gasteiger partial charge in [0.05, 0.1) is 0 Å². The molecule has 0 amide bonds. The number of carboxylic acids is 1. The lowest BCUT2D eigenvalue weighted by molar-refractivity contribution is -0.619. The van der Waals surface area contributed by atoms with Gasteiger partial charge in [-0.3, -0.25) is 14.9 Å². The van der Waals surface area contributed by atoms with Crippen LogP contribution in [0.15, 0.2) is 0 Å². The number of rotatable bonds is 2. The molecular weight excluding hydrogens is 198 g/mol. The molecule has 0 aromatic carbocycles. The highest BCUT2D eigenvalue weighted by Gasteiger charge is 2.72. The quantitative estimate of drug-likeness (QED) is 0.557. The van der Waals surface area contributed by atoms with Gasteiger partial charge in [-0.05, 0) is 18.8 Å². The van der Waals surface area contributed by atoms with Crippen molar-refractivity contribution in [2.75, 3.05) is 0 Å². The SMILES string of the molecule is CC1C(C(=O)O)C2([N+](=O)[O-])CCCC[C@H]12. The Balaban J connectivity index is 2.34. The standard InChI is InChI=1S/C10H15NO4/c1-6-7-4-2-3-5-10(7,11(14)15)8(6)9(12)13/h6-8H,2-5H2,1H3,(H,12,13)/t6?,7-,8?,10?/m1/s1. The molecule has 5 nitrogen and oxygen atoms in total. The van der Waals surface area contributed by atoms with Crippen molar-refractivity contribution in [2.45, 2.75) is 38.1 Å². The molecule has 0 aromatic heterocycles. The van der Waals surface area contributed by atoms with Gasteiger partial charge in [0.1, 0.15) is 5.92 Å². The molecule has 2 aliphatic rings. The largest absolute Gasteiger partial charge is 0.481 e. The molecule has 5 heteroatoms. The number of carbonyl (C=O) groups is 1. The maximum Gasteiger partial charge on any atom is 0.314 e. The highest BCUT2D eigenvalue weighted by molar-refractivity contribution is 5.74. The summed E-state index contributed by atoms with van der Waals surface area (Å²) in [6.07, 6.45) is 3.03. The second-order valence-electron chi connectivity index (χ2n) is 4.78. The zero-order valence-corrected chi connectivity index (χ0v) is 8.68. The number of fused-ring (bicyclic) bond motifs is 1. The monoisotopic (exact) mass is 213 g/mol. The second-order valence-corrected chi connectivity index (χ2v) is 4.78. The Bertz CT molecular complexity index is 317. The smallest absolute Gasteiger partial charge is 0.314 e. The average molecular weight is 213 g/mol. The van der Waals surface area contributed by atoms with Crippen LogP contribution in [0.25, 0.3) is 0 Å². The Morgan fingerprint density at radius 1 is 1.53 bits per heavy atom. The van der Waals surface area contributed by atoms with Crippen molar-refractivity contribution >= 4 is 5.97 Å². The van der Waals surface area contributed by atoms with Crippen molar-refractivity contribution in [3.05, 3.63) is 10.1 Å². The fraction of sp³-hybridized carbons (Fsp3) is 0.900. The van der Waals surface area contributed by atoms with Crippen LogP contribution in [0, 0.1) is 27.9 Å². The molecule has 0 heterocycles. The molecule has 0 radical (unpaired) electrons. The Labute approximate surface area is 87.6 Å². The van der Waals surface area contributed by atoms with Crippen LogP contribution in [0.3, 0.4) is 0 Å². The number of carboxylic acid groups (broad SMARTS) is 1. The van der Waals surface area contributed by atoms with Gasteiger partial charge < -0.3 is 5.11 Å². The first-order valence-corrected chi connectivity index (χ1v) is 5.39. The zero-order valence-electron chi connectivity index (χ0n) is 8.68. The van der Waals surface area contributed by atoms with Gasteiger partial charge in [-0.25, -0.2) is 0 Å². The summed E-state index contributed by atoms with van der Waals surface area (Å²) < 4.78 is 0. The number of nitrogens with zero attached hydrogens (tertiary/aromatic N) is 1. The summed E-state index contributed by atoms with van der Waals surface area (Å²) in [5, 5.41) is 20.2. The summed E-state index contributed by atoms with van der Waals surface area (Å²) in [7, 11) is 0. The molecule has 2 fully saturated rings. The van der Waals surface area contributed by atoms with E-state index in [0.29, 0.717) is 6.42 Å². The maximum absolute atomic E-state index is 11.1. The lowest BCUT2D eigenvalue weighted by Crippen LogP contribution is -2.69. The van der Waals surface area contributed by atoms with Crippen molar-refractivity contribution in [1.82, 2.24) is 0 Å². The number of hydrogen-bond donors (Lipinski definition) is 1. The van der Waals surface area contributed by atoms with Crippen LogP contribution in [0.1, 0.15) is 32.6 Å². The Hall–Kier alpha value is -1.13. The first-order chi connectivity index (χ1) is 7.01. The lowest BCUT2D eigenvalue weighted by atomic mass is 9.47. The average Bonchev–Trinajstić information content (AvgIpc) is 2.15. The molecule has 2 saturated carbocycles. The summed E-state index contributed by atoms with van der Waals surface area (Å²) in [4.78, 5) is 21.9. The van der Waals surface area contributed by atoms with Crippen molar-refractivity contribution in [3.63, 3.8) is 0 Å². The van der Waals surface area contributed by atoms with Crippen LogP contribution in [0.4, 0.5) is 0 Å². The fourth-order valence-electron chi connectivity index (χ4n) is 3.66. The summed E-state index contributed by atoms with van der Waals surface area (Å²) in [6, 6.07) is 0. The van der Waals surface area contributed by atoms with Crippen molar-refractivity contribution in [3.8, 4) is 0 Å². The van der Waals surface area contributed by atoms with Crippen LogP contribution >= 0.6 is 0 Å². The van der Waals surface area contributed by atoms with Crippen LogP contribution < -0.4 is 0 Å². The topological polar surface area (TPSA) is 80.4 Å². The van der Waals surface area contributed by atoms with E-state index >= 15 is 0 Å². The van der Waals surface area contributed by atoms with Crippen LogP contribution in [-0.4, -0.2) is 21.5 Å². The predicted molar refractivity (Wildman–Crippen MR) is 52.0 cm³/mol. The van der Waals surface area contributed by atoms with Gasteiger partial charge in [0.2, 0.25) is 5.54 Å². The summed E-state index contributed by atoms with van der Waals surface area (Å²) in [5.74, 6) is -1.86. The van der Waals surface area contributed by atoms with E-state index in [-0.39, 0.29) is 16.8 Å². The third kappa shape index (κ3) is 1.12. The van der Waals surface area contributed by atoms with E-state index in [0.717, 1.165) is 19.3 Å². The number of nitro groups is 1. The van der Waals surface area contributed by atoms with Gasteiger partial charge >= 0.3 is 5.97 Å². The Kier molecular flexibility index (Phi) is 2.20. The van der Waals surface area contributed by atoms with Gasteiger partial charge in [-0.1, -0.05) is 13.3 Å². The third-order valence-corrected chi connectivity index (χ3v) is 4.29. The zero-order chi connectivity index (χ0) is 11.2. The van der Waals surface area contributed by atoms with E-state index in [1.54, 1.807) is 0 Å². The normalized spacial score (nSPS) is 43.9. The minimum Gasteiger partial charge on any atom is -0.481 e. The third-order valence-electron chi connectivity index (χ3n) is 4.29. The molecule has 0 aliphatic heterocycles. The molecule has 1 N–H and O–H groups in total. The van der Waals surface area contributed by atoms with Gasteiger partial charge in [0.15, 0.2) is 0 Å². The van der Waals surface area contributed by atoms with E-state index in [1.807, 2.05) is 6.92 Å². The molecule has 3 unspecified atom stereocenters. The Morgan fingerprint density at radius 2 is 2.20 bits per heavy atom. The molecule has 0 bridgehead atoms. The molecule has 0 aromatic rings. The molecular formula is C10H15NO4. The minimum absolute atomic E-state index is 0.0256. The van der Waals surface area contributed by atoms with Gasteiger partial charge in [0.25, 0.3) is 0 Å². The molecule has 2 aliphatic carbocycles. The second kappa shape index (κ2) is 3.18. The van der Waals surface area contributed by atoms with Crippen molar-refractivity contribution < 1.29 is 14.8 Å². The summed E-state index contributed by atoms with van der Waals surface area (Å²) in [6.45, 7) is 1.83. The van der Waals surface area contributed by atoms with Gasteiger partial charge in [0, 0.05) is 17.3 Å². The van der Waals surface area contributed by atoms with Crippen molar-refractivity contribution in [2.24, 2.45) is 17.8 Å². The maximum atomic E-state index is 11.1. The van der Waals surface area contributed by atoms with E-state index in [4.69, 9.17) is 5.11 Å². The minimum atomic E-state index is -1.15. The first kappa shape index (κ1) is 10.4. The number of aliphatic carboxylic acids is 1. The van der Waals surface area contributed by atoms with E-state index in [1.165, 1.54) is 0 Å². The van der Waals surface area contributed by atoms with Gasteiger partial charge in [-0.15, -0.1) is 0 Å². The molecule has 2 rings (SSSR count). The fourth-order valence-corrected chi connectivity index (χ4v) is 3.66. The van der Waals surface area contributed by atoms with E-state index in [9.17, 15) is 14.9 Å². The predicted octanol–water partition coefficient (Wildman–Crippen LogP) is 1.54. The highest BCUT2D eigenvalue weighted by Crippen LogP contribution is 2.58. The Morgan fingerprint density at radius 3 is 2.73 bits per heavy atom. The lowest BCUT2D eigenvalue weighted by Gasteiger charge is -2.54. The first-order valence-electron chi connectivity index (χ1n) is 5.39. The van der Waals surface area contributed by atoms with E-state index < -0.39 is 17.4 Å². The van der Waals surface area contributed by atoms with E-state index in [2.05, 4.69) is 0 Å². The molecule has 84 valence electrons. The summed E-state index contributed by atoms with van der Waals surface area (Å²) in [5.41, 5.74) is -1.15. The van der Waals surface area contributed by atoms with Gasteiger partial charge in [-0.2, -0.15) is 0 Å². The molecule has 15 heavy (non-hydrogen) atoms. The molecule has 4 atom stereocenters. The van der Waals surface area contributed by atoms with Crippen LogP contribution in [0.5, 0.6) is 0 Å². The van der Waals surface area contributed by atoms with Crippen LogP contribution in [0.2, 0.25) is 0 Å². The molecule has 0 spiro atoms. The molecule has 0 saturated heterocycles. The summed E-state index contributed by atoms with van der Waals surface area (Å²) >= 11 is 0. The van der Waals surface area contributed by atoms with Crippen molar-refractivity contribution in [1.29, 1.82) is 0 Å². The number of hydrogen-bond acceptors (Lipinski definition) is 3. The van der Waals surface area contributed by atoms with Crippen LogP contribution in [-0.2, 0) is 4.79 Å².